The van der Waals surface area contributed by atoms with Gasteiger partial charge < -0.3 is 39.9 Å². The van der Waals surface area contributed by atoms with E-state index in [9.17, 15) is 44.6 Å². The third-order valence-corrected chi connectivity index (χ3v) is 12.0. The molecule has 6 N–H and O–H groups in total. The predicted octanol–water partition coefficient (Wildman–Crippen LogP) is 9.23. The van der Waals surface area contributed by atoms with Gasteiger partial charge in [0.2, 0.25) is 0 Å². The number of hydrogen-bond acceptors (Lipinski definition) is 12. The Kier molecular flexibility index (Phi) is 34.5. The Balaban J connectivity index is 2.42. The SMILES string of the molecule is CCCCC/C=C\CCCCCCCC(=O)O[C@H](COC(=O)CCCCCCCCC/C=C\CCCCCCCCCC)COP(=O)(O)OC1C(O)C(O)C(O)[C@@H](O)C1O. The number of carbonyl (C=O) groups excluding carboxylic acids is 2. The van der Waals surface area contributed by atoms with Gasteiger partial charge in [0.05, 0.1) is 6.61 Å². The van der Waals surface area contributed by atoms with Gasteiger partial charge in [0.15, 0.2) is 6.10 Å². The van der Waals surface area contributed by atoms with Gasteiger partial charge in [0.25, 0.3) is 0 Å². The number of phosphoric acid groups is 1. The number of ether oxygens (including phenoxy) is 2. The second-order valence-electron chi connectivity index (χ2n) is 16.6. The minimum absolute atomic E-state index is 0.0870. The van der Waals surface area contributed by atoms with E-state index in [0.29, 0.717) is 12.8 Å². The number of carbonyl (C=O) groups is 2. The van der Waals surface area contributed by atoms with Gasteiger partial charge >= 0.3 is 19.8 Å². The standard InChI is InChI=1S/C46H85O13P/c1-3-5-7-9-11-13-15-17-18-19-20-21-22-23-25-26-28-30-32-34-39(47)56-36-38(58-40(48)35-33-31-29-27-24-16-14-12-10-8-6-4-2)37-57-60(54,55)59-46-44(52)42(50)41(49)43(51)45(46)53/h12,14,19-20,38,41-46,49-53H,3-11,13,15-18,21-37H2,1-2H3,(H,54,55)/b14-12-,20-19-/t38-,41?,42-,43?,44?,45?,46?/m1/s1. The number of aliphatic hydroxyl groups excluding tert-OH is 5. The number of rotatable bonds is 39. The van der Waals surface area contributed by atoms with Crippen molar-refractivity contribution in [3.8, 4) is 0 Å². The Hall–Kier alpha value is -1.67. The van der Waals surface area contributed by atoms with Crippen molar-refractivity contribution < 1.29 is 63.1 Å². The van der Waals surface area contributed by atoms with Crippen molar-refractivity contribution in [2.24, 2.45) is 0 Å². The van der Waals surface area contributed by atoms with E-state index in [2.05, 4.69) is 38.2 Å². The van der Waals surface area contributed by atoms with E-state index < -0.39 is 75.7 Å². The van der Waals surface area contributed by atoms with Gasteiger partial charge in [-0.3, -0.25) is 18.6 Å². The van der Waals surface area contributed by atoms with Crippen LogP contribution in [0.4, 0.5) is 0 Å². The van der Waals surface area contributed by atoms with E-state index in [1.807, 2.05) is 0 Å². The molecule has 0 aromatic rings. The first-order valence-electron chi connectivity index (χ1n) is 23.6. The molecule has 0 bridgehead atoms. The number of esters is 2. The Morgan fingerprint density at radius 3 is 1.30 bits per heavy atom. The van der Waals surface area contributed by atoms with Gasteiger partial charge in [-0.25, -0.2) is 4.57 Å². The molecular weight excluding hydrogens is 791 g/mol. The van der Waals surface area contributed by atoms with E-state index >= 15 is 0 Å². The summed E-state index contributed by atoms with van der Waals surface area (Å²) in [5.41, 5.74) is 0. The summed E-state index contributed by atoms with van der Waals surface area (Å²) in [6.07, 6.45) is 26.7. The number of allylic oxidation sites excluding steroid dienone is 4. The van der Waals surface area contributed by atoms with Crippen molar-refractivity contribution in [2.45, 2.75) is 243 Å². The molecule has 13 nitrogen and oxygen atoms in total. The van der Waals surface area contributed by atoms with Crippen LogP contribution < -0.4 is 0 Å². The van der Waals surface area contributed by atoms with Crippen LogP contribution in [0.15, 0.2) is 24.3 Å². The minimum Gasteiger partial charge on any atom is -0.462 e. The molecule has 0 aromatic heterocycles. The van der Waals surface area contributed by atoms with E-state index in [-0.39, 0.29) is 12.8 Å². The zero-order valence-electron chi connectivity index (χ0n) is 37.3. The molecule has 6 unspecified atom stereocenters. The minimum atomic E-state index is -5.12. The second-order valence-corrected chi connectivity index (χ2v) is 18.0. The molecule has 8 atom stereocenters. The Morgan fingerprint density at radius 2 is 0.850 bits per heavy atom. The average molecular weight is 877 g/mol. The van der Waals surface area contributed by atoms with Crippen LogP contribution in [0, 0.1) is 0 Å². The van der Waals surface area contributed by atoms with E-state index in [4.69, 9.17) is 18.5 Å². The van der Waals surface area contributed by atoms with Crippen LogP contribution in [0.5, 0.6) is 0 Å². The summed E-state index contributed by atoms with van der Waals surface area (Å²) in [7, 11) is -5.12. The van der Waals surface area contributed by atoms with Crippen LogP contribution in [0.25, 0.3) is 0 Å². The number of phosphoric ester groups is 1. The molecule has 0 amide bonds. The molecule has 1 aliphatic rings. The van der Waals surface area contributed by atoms with Crippen LogP contribution in [0.3, 0.4) is 0 Å². The summed E-state index contributed by atoms with van der Waals surface area (Å²) in [5.74, 6) is -1.11. The third kappa shape index (κ3) is 28.8. The zero-order chi connectivity index (χ0) is 44.3. The summed E-state index contributed by atoms with van der Waals surface area (Å²) in [4.78, 5) is 35.7. The van der Waals surface area contributed by atoms with E-state index in [1.54, 1.807) is 0 Å². The van der Waals surface area contributed by atoms with Crippen LogP contribution >= 0.6 is 7.82 Å². The molecule has 1 fully saturated rings. The molecule has 1 aliphatic carbocycles. The lowest BCUT2D eigenvalue weighted by Gasteiger charge is -2.41. The van der Waals surface area contributed by atoms with Gasteiger partial charge in [-0.05, 0) is 64.2 Å². The number of hydrogen-bond donors (Lipinski definition) is 6. The lowest BCUT2D eigenvalue weighted by molar-refractivity contribution is -0.220. The second kappa shape index (κ2) is 36.8. The van der Waals surface area contributed by atoms with Gasteiger partial charge in [-0.1, -0.05) is 147 Å². The maximum atomic E-state index is 12.8. The molecule has 0 heterocycles. The van der Waals surface area contributed by atoms with Crippen LogP contribution in [0.2, 0.25) is 0 Å². The largest absolute Gasteiger partial charge is 0.472 e. The Labute approximate surface area is 362 Å². The molecule has 0 saturated heterocycles. The molecule has 0 spiro atoms. The highest BCUT2D eigenvalue weighted by Gasteiger charge is 2.51. The highest BCUT2D eigenvalue weighted by atomic mass is 31.2. The fourth-order valence-corrected chi connectivity index (χ4v) is 8.13. The smallest absolute Gasteiger partial charge is 0.462 e. The molecule has 0 aliphatic heterocycles. The maximum absolute atomic E-state index is 12.8. The van der Waals surface area contributed by atoms with Crippen molar-refractivity contribution in [3.63, 3.8) is 0 Å². The summed E-state index contributed by atoms with van der Waals surface area (Å²) in [6.45, 7) is 3.27. The molecular formula is C46H85O13P. The molecule has 1 saturated carbocycles. The summed E-state index contributed by atoms with van der Waals surface area (Å²) in [5, 5.41) is 50.1. The normalized spacial score (nSPS) is 22.3. The van der Waals surface area contributed by atoms with E-state index in [1.165, 1.54) is 89.9 Å². The molecule has 14 heteroatoms. The Morgan fingerprint density at radius 1 is 0.500 bits per heavy atom. The molecule has 60 heavy (non-hydrogen) atoms. The summed E-state index contributed by atoms with van der Waals surface area (Å²) < 4.78 is 33.5. The monoisotopic (exact) mass is 877 g/mol. The molecule has 0 aromatic carbocycles. The molecule has 352 valence electrons. The lowest BCUT2D eigenvalue weighted by atomic mass is 9.85. The summed E-state index contributed by atoms with van der Waals surface area (Å²) in [6, 6.07) is 0. The highest BCUT2D eigenvalue weighted by molar-refractivity contribution is 7.47. The van der Waals surface area contributed by atoms with Gasteiger partial charge in [-0.15, -0.1) is 0 Å². The number of unbranched alkanes of at least 4 members (excludes halogenated alkanes) is 23. The first-order chi connectivity index (χ1) is 28.9. The van der Waals surface area contributed by atoms with Gasteiger partial charge in [0.1, 0.15) is 43.2 Å². The first kappa shape index (κ1) is 56.3. The molecule has 1 rings (SSSR count). The summed E-state index contributed by atoms with van der Waals surface area (Å²) >= 11 is 0. The average Bonchev–Trinajstić information content (AvgIpc) is 3.23. The van der Waals surface area contributed by atoms with Gasteiger partial charge in [0, 0.05) is 12.8 Å². The van der Waals surface area contributed by atoms with Crippen molar-refractivity contribution in [1.82, 2.24) is 0 Å². The van der Waals surface area contributed by atoms with Crippen molar-refractivity contribution in [2.75, 3.05) is 13.2 Å². The topological polar surface area (TPSA) is 210 Å². The van der Waals surface area contributed by atoms with E-state index in [0.717, 1.165) is 70.6 Å². The maximum Gasteiger partial charge on any atom is 0.472 e. The van der Waals surface area contributed by atoms with Crippen molar-refractivity contribution in [3.05, 3.63) is 24.3 Å². The first-order valence-corrected chi connectivity index (χ1v) is 25.1. The lowest BCUT2D eigenvalue weighted by Crippen LogP contribution is -2.64. The fraction of sp³-hybridized carbons (Fsp3) is 0.870. The quantitative estimate of drug-likeness (QED) is 0.0147. The third-order valence-electron chi connectivity index (χ3n) is 11.0. The Bertz CT molecular complexity index is 1150. The number of aliphatic hydroxyl groups is 5. The zero-order valence-corrected chi connectivity index (χ0v) is 38.2. The van der Waals surface area contributed by atoms with Crippen molar-refractivity contribution in [1.29, 1.82) is 0 Å². The fourth-order valence-electron chi connectivity index (χ4n) is 7.16. The molecule has 0 radical (unpaired) electrons. The van der Waals surface area contributed by atoms with Crippen LogP contribution in [-0.4, -0.2) is 98.3 Å². The highest BCUT2D eigenvalue weighted by Crippen LogP contribution is 2.47. The van der Waals surface area contributed by atoms with Gasteiger partial charge in [-0.2, -0.15) is 0 Å². The predicted molar refractivity (Wildman–Crippen MR) is 235 cm³/mol. The van der Waals surface area contributed by atoms with Crippen LogP contribution in [0.1, 0.15) is 200 Å². The van der Waals surface area contributed by atoms with Crippen LogP contribution in [-0.2, 0) is 32.7 Å². The van der Waals surface area contributed by atoms with Crippen molar-refractivity contribution >= 4 is 19.8 Å².